The van der Waals surface area contributed by atoms with E-state index in [1.165, 1.54) is 17.9 Å². The lowest BCUT2D eigenvalue weighted by atomic mass is 10.2. The topological polar surface area (TPSA) is 99.1 Å². The number of aryl methyl sites for hydroxylation is 1. The first-order chi connectivity index (χ1) is 13.9. The molecule has 0 aliphatic heterocycles. The van der Waals surface area contributed by atoms with E-state index in [1.807, 2.05) is 48.0 Å². The van der Waals surface area contributed by atoms with Crippen molar-refractivity contribution in [1.29, 1.82) is 0 Å². The fourth-order valence-corrected chi connectivity index (χ4v) is 2.73. The Balaban J connectivity index is 0.000000353. The molecule has 2 aromatic heterocycles. The minimum absolute atomic E-state index is 0.312. The number of fused-ring (bicyclic) bond motifs is 3. The summed E-state index contributed by atoms with van der Waals surface area (Å²) in [5, 5.41) is 10.3. The first-order valence-corrected chi connectivity index (χ1v) is 10.7. The number of aromatic nitrogens is 3. The zero-order valence-corrected chi connectivity index (χ0v) is 17.1. The largest absolute Gasteiger partial charge is 0.748 e. The molecule has 0 amide bonds. The van der Waals surface area contributed by atoms with E-state index < -0.39 is 10.1 Å². The molecule has 150 valence electrons. The highest BCUT2D eigenvalue weighted by molar-refractivity contribution is 7.85. The number of rotatable bonds is 4. The first-order valence-electron chi connectivity index (χ1n) is 9.17. The fourth-order valence-electron chi connectivity index (χ4n) is 2.73. The normalized spacial score (nSPS) is 11.1. The Kier molecular flexibility index (Phi) is 6.36. The molecule has 0 aliphatic carbocycles. The summed E-state index contributed by atoms with van der Waals surface area (Å²) in [5.74, 6) is 0.512. The second kappa shape index (κ2) is 8.93. The highest BCUT2D eigenvalue weighted by Gasteiger charge is 2.16. The maximum absolute atomic E-state index is 9.44. The smallest absolute Gasteiger partial charge is 0.358 e. The predicted molar refractivity (Wildman–Crippen MR) is 111 cm³/mol. The molecule has 2 aromatic carbocycles. The Morgan fingerprint density at radius 3 is 2.38 bits per heavy atom. The highest BCUT2D eigenvalue weighted by Crippen LogP contribution is 2.17. The van der Waals surface area contributed by atoms with E-state index in [-0.39, 0.29) is 5.75 Å². The monoisotopic (exact) mass is 410 g/mol. The second-order valence-electron chi connectivity index (χ2n) is 6.40. The average molecular weight is 410 g/mol. The Hall–Kier alpha value is -3.10. The molecule has 0 saturated heterocycles. The minimum Gasteiger partial charge on any atom is -0.748 e. The second-order valence-corrected chi connectivity index (χ2v) is 8.10. The molecule has 8 heteroatoms. The number of hydrogen-bond donors (Lipinski definition) is 1. The molecule has 7 nitrogen and oxygen atoms in total. The number of anilines is 1. The highest BCUT2D eigenvalue weighted by atomic mass is 32.2. The van der Waals surface area contributed by atoms with Crippen LogP contribution in [0.1, 0.15) is 18.2 Å². The van der Waals surface area contributed by atoms with Gasteiger partial charge in [0.1, 0.15) is 11.9 Å². The summed E-state index contributed by atoms with van der Waals surface area (Å²) in [6.07, 6.45) is 1.96. The van der Waals surface area contributed by atoms with Crippen molar-refractivity contribution >= 4 is 32.4 Å². The molecule has 2 heterocycles. The molecule has 29 heavy (non-hydrogen) atoms. The Morgan fingerprint density at radius 1 is 1.03 bits per heavy atom. The summed E-state index contributed by atoms with van der Waals surface area (Å²) < 4.78 is 30.2. The van der Waals surface area contributed by atoms with Gasteiger partial charge in [-0.25, -0.2) is 8.42 Å². The molecule has 0 fully saturated rings. The summed E-state index contributed by atoms with van der Waals surface area (Å²) in [4.78, 5) is 4.81. The summed E-state index contributed by atoms with van der Waals surface area (Å²) in [6.45, 7) is 4.02. The van der Waals surface area contributed by atoms with Crippen LogP contribution >= 0.6 is 0 Å². The number of pyridine rings is 1. The minimum atomic E-state index is -3.91. The number of nitrogens with zero attached hydrogens (tertiary/aromatic N) is 3. The van der Waals surface area contributed by atoms with Crippen LogP contribution < -0.4 is 9.83 Å². The van der Waals surface area contributed by atoms with Crippen LogP contribution in [0.5, 0.6) is 0 Å². The number of hydrogen-bond acceptors (Lipinski definition) is 6. The van der Waals surface area contributed by atoms with E-state index >= 15 is 0 Å². The average Bonchev–Trinajstić information content (AvgIpc) is 2.73. The molecule has 0 radical (unpaired) electrons. The van der Waals surface area contributed by atoms with Gasteiger partial charge in [-0.15, -0.1) is 4.52 Å². The third-order valence-corrected chi connectivity index (χ3v) is 5.00. The third-order valence-electron chi connectivity index (χ3n) is 4.29. The first kappa shape index (κ1) is 20.6. The lowest BCUT2D eigenvalue weighted by Gasteiger charge is -2.05. The molecule has 1 N–H and O–H groups in total. The molecule has 0 unspecified atom stereocenters. The van der Waals surface area contributed by atoms with Gasteiger partial charge in [0.2, 0.25) is 0 Å². The van der Waals surface area contributed by atoms with Crippen molar-refractivity contribution in [2.45, 2.75) is 20.4 Å². The van der Waals surface area contributed by atoms with Gasteiger partial charge in [-0.2, -0.15) is 0 Å². The third kappa shape index (κ3) is 5.46. The molecule has 0 bridgehead atoms. The number of benzene rings is 2. The van der Waals surface area contributed by atoms with Crippen LogP contribution in [-0.4, -0.2) is 28.8 Å². The van der Waals surface area contributed by atoms with Crippen LogP contribution in [-0.2, 0) is 16.7 Å². The van der Waals surface area contributed by atoms with Crippen LogP contribution in [0.25, 0.3) is 16.4 Å². The van der Waals surface area contributed by atoms with Crippen LogP contribution in [0.4, 0.5) is 5.82 Å². The van der Waals surface area contributed by atoms with Gasteiger partial charge in [0.25, 0.3) is 5.82 Å². The van der Waals surface area contributed by atoms with E-state index in [2.05, 4.69) is 40.7 Å². The maximum atomic E-state index is 9.44. The maximum Gasteiger partial charge on any atom is 0.358 e. The predicted octanol–water partition coefficient (Wildman–Crippen LogP) is 2.84. The van der Waals surface area contributed by atoms with Crippen LogP contribution in [0.2, 0.25) is 0 Å². The summed E-state index contributed by atoms with van der Waals surface area (Å²) in [7, 11) is -3.91. The van der Waals surface area contributed by atoms with E-state index in [0.29, 0.717) is 0 Å². The van der Waals surface area contributed by atoms with E-state index in [1.54, 1.807) is 0 Å². The van der Waals surface area contributed by atoms with Gasteiger partial charge in [-0.3, -0.25) is 0 Å². The van der Waals surface area contributed by atoms with Crippen molar-refractivity contribution in [1.82, 2.24) is 10.1 Å². The van der Waals surface area contributed by atoms with Gasteiger partial charge >= 0.3 is 5.65 Å². The lowest BCUT2D eigenvalue weighted by molar-refractivity contribution is -0.582. The van der Waals surface area contributed by atoms with E-state index in [9.17, 15) is 13.0 Å². The molecule has 4 rings (SSSR count). The van der Waals surface area contributed by atoms with Crippen molar-refractivity contribution in [3.63, 3.8) is 0 Å². The van der Waals surface area contributed by atoms with Crippen molar-refractivity contribution in [3.8, 4) is 0 Å². The van der Waals surface area contributed by atoms with Gasteiger partial charge in [-0.05, 0) is 35.0 Å². The molecular formula is C21H22N4O3S. The van der Waals surface area contributed by atoms with Crippen molar-refractivity contribution < 1.29 is 17.5 Å². The molecule has 0 atom stereocenters. The summed E-state index contributed by atoms with van der Waals surface area (Å²) in [6, 6.07) is 20.6. The SMILES string of the molecule is CCS(=O)(=O)[O-].Cc1n[n+]2ccc3ccccc3c2nc1NCc1ccccc1. The van der Waals surface area contributed by atoms with Gasteiger partial charge in [0.05, 0.1) is 15.5 Å². The Labute approximate surface area is 169 Å². The molecule has 4 aromatic rings. The zero-order valence-electron chi connectivity index (χ0n) is 16.2. The summed E-state index contributed by atoms with van der Waals surface area (Å²) in [5.41, 5.74) is 2.97. The van der Waals surface area contributed by atoms with Gasteiger partial charge < -0.3 is 9.87 Å². The molecule has 0 saturated carbocycles. The quantitative estimate of drug-likeness (QED) is 0.316. The van der Waals surface area contributed by atoms with Crippen LogP contribution in [0, 0.1) is 6.92 Å². The summed E-state index contributed by atoms with van der Waals surface area (Å²) >= 11 is 0. The molecule has 0 spiro atoms. The molecular weight excluding hydrogens is 388 g/mol. The van der Waals surface area contributed by atoms with Gasteiger partial charge in [0.15, 0.2) is 0 Å². The number of nitrogens with one attached hydrogen (secondary N) is 1. The van der Waals surface area contributed by atoms with Gasteiger partial charge in [0, 0.05) is 12.3 Å². The van der Waals surface area contributed by atoms with Gasteiger partial charge in [-0.1, -0.05) is 60.6 Å². The van der Waals surface area contributed by atoms with E-state index in [0.717, 1.165) is 29.1 Å². The lowest BCUT2D eigenvalue weighted by Crippen LogP contribution is -2.29. The van der Waals surface area contributed by atoms with E-state index in [4.69, 9.17) is 4.98 Å². The fraction of sp³-hybridized carbons (Fsp3) is 0.190. The van der Waals surface area contributed by atoms with Crippen molar-refractivity contribution in [2.24, 2.45) is 0 Å². The van der Waals surface area contributed by atoms with Crippen molar-refractivity contribution in [2.75, 3.05) is 11.1 Å². The zero-order chi connectivity index (χ0) is 20.9. The van der Waals surface area contributed by atoms with Crippen molar-refractivity contribution in [3.05, 3.63) is 78.1 Å². The molecule has 0 aliphatic rings. The Bertz CT molecular complexity index is 1230. The standard InChI is InChI=1S/C19H16N4.C2H6O3S/c1-14-18(20-13-15-7-3-2-4-8-15)21-19-17-10-6-5-9-16(17)11-12-23(19)22-14;1-2-6(3,4)5/h2-12H,13H2,1H3;2H2,1H3,(H,3,4,5). The van der Waals surface area contributed by atoms with Crippen LogP contribution in [0.15, 0.2) is 66.9 Å². The van der Waals surface area contributed by atoms with Crippen LogP contribution in [0.3, 0.4) is 0 Å². The Morgan fingerprint density at radius 2 is 1.69 bits per heavy atom.